The van der Waals surface area contributed by atoms with Gasteiger partial charge in [-0.2, -0.15) is 0 Å². The molecule has 1 saturated carbocycles. The molecule has 25 heavy (non-hydrogen) atoms. The van der Waals surface area contributed by atoms with Gasteiger partial charge in [0.15, 0.2) is 0 Å². The third-order valence-corrected chi connectivity index (χ3v) is 5.12. The van der Waals surface area contributed by atoms with Crippen molar-refractivity contribution in [3.8, 4) is 11.5 Å². The van der Waals surface area contributed by atoms with Crippen LogP contribution in [0.4, 0.5) is 5.69 Å². The quantitative estimate of drug-likeness (QED) is 0.746. The fraction of sp³-hybridized carbons (Fsp3) is 0.650. The molecule has 0 aromatic heterocycles. The van der Waals surface area contributed by atoms with Crippen LogP contribution in [-0.4, -0.2) is 32.2 Å². The van der Waals surface area contributed by atoms with Gasteiger partial charge in [-0.15, -0.1) is 0 Å². The molecule has 5 heteroatoms. The molecule has 2 N–H and O–H groups in total. The molecule has 0 bridgehead atoms. The maximum atomic E-state index is 12.3. The Hall–Kier alpha value is -1.75. The predicted octanol–water partition coefficient (Wildman–Crippen LogP) is 3.98. The van der Waals surface area contributed by atoms with E-state index in [1.165, 1.54) is 32.1 Å². The van der Waals surface area contributed by atoms with E-state index in [9.17, 15) is 4.79 Å². The first-order valence-electron chi connectivity index (χ1n) is 9.33. The van der Waals surface area contributed by atoms with E-state index in [1.54, 1.807) is 26.4 Å². The number of rotatable bonds is 8. The van der Waals surface area contributed by atoms with E-state index in [0.717, 1.165) is 5.92 Å². The lowest BCUT2D eigenvalue weighted by atomic mass is 9.84. The summed E-state index contributed by atoms with van der Waals surface area (Å²) in [5, 5.41) is 6.55. The van der Waals surface area contributed by atoms with Gasteiger partial charge < -0.3 is 20.1 Å². The molecule has 1 fully saturated rings. The highest BCUT2D eigenvalue weighted by Crippen LogP contribution is 2.29. The minimum Gasteiger partial charge on any atom is -0.497 e. The number of hydrogen-bond donors (Lipinski definition) is 2. The van der Waals surface area contributed by atoms with Crippen molar-refractivity contribution in [1.82, 2.24) is 5.32 Å². The lowest BCUT2D eigenvalue weighted by Gasteiger charge is -2.30. The van der Waals surface area contributed by atoms with Crippen LogP contribution in [0.2, 0.25) is 0 Å². The standard InChI is InChI=1S/C20H32N2O3/c1-5-15-6-8-16(9-7-15)21-14(2)12-20(23)22-18-11-10-17(24-3)13-19(18)25-4/h10-11,13-16,21H,5-9,12H2,1-4H3,(H,22,23). The van der Waals surface area contributed by atoms with Crippen LogP contribution in [0.3, 0.4) is 0 Å². The number of anilines is 1. The third kappa shape index (κ3) is 5.92. The van der Waals surface area contributed by atoms with Crippen LogP contribution in [0.5, 0.6) is 11.5 Å². The Kier molecular flexibility index (Phi) is 7.56. The monoisotopic (exact) mass is 348 g/mol. The largest absolute Gasteiger partial charge is 0.497 e. The molecule has 1 amide bonds. The van der Waals surface area contributed by atoms with Crippen LogP contribution in [0.1, 0.15) is 52.4 Å². The van der Waals surface area contributed by atoms with Crippen LogP contribution in [0.15, 0.2) is 18.2 Å². The number of methoxy groups -OCH3 is 2. The van der Waals surface area contributed by atoms with Crippen molar-refractivity contribution in [1.29, 1.82) is 0 Å². The van der Waals surface area contributed by atoms with Crippen LogP contribution in [-0.2, 0) is 4.79 Å². The number of ether oxygens (including phenoxy) is 2. The van der Waals surface area contributed by atoms with E-state index in [0.29, 0.717) is 29.6 Å². The molecule has 1 aromatic carbocycles. The first kappa shape index (κ1) is 19.6. The average molecular weight is 348 g/mol. The normalized spacial score (nSPS) is 21.4. The number of carbonyl (C=O) groups excluding carboxylic acids is 1. The van der Waals surface area contributed by atoms with Crippen molar-refractivity contribution in [2.75, 3.05) is 19.5 Å². The molecule has 0 aliphatic heterocycles. The van der Waals surface area contributed by atoms with Crippen molar-refractivity contribution >= 4 is 11.6 Å². The Labute approximate surface area is 151 Å². The van der Waals surface area contributed by atoms with Gasteiger partial charge in [0.05, 0.1) is 19.9 Å². The number of carbonyl (C=O) groups is 1. The maximum Gasteiger partial charge on any atom is 0.226 e. The zero-order valence-corrected chi connectivity index (χ0v) is 15.9. The molecular formula is C20H32N2O3. The van der Waals surface area contributed by atoms with Gasteiger partial charge in [0, 0.05) is 24.6 Å². The lowest BCUT2D eigenvalue weighted by Crippen LogP contribution is -2.40. The molecule has 1 aromatic rings. The highest BCUT2D eigenvalue weighted by Gasteiger charge is 2.22. The summed E-state index contributed by atoms with van der Waals surface area (Å²) in [4.78, 5) is 12.3. The summed E-state index contributed by atoms with van der Waals surface area (Å²) in [6, 6.07) is 6.09. The molecule has 1 atom stereocenters. The minimum atomic E-state index is -0.00860. The predicted molar refractivity (Wildman–Crippen MR) is 101 cm³/mol. The summed E-state index contributed by atoms with van der Waals surface area (Å²) >= 11 is 0. The molecule has 5 nitrogen and oxygen atoms in total. The molecule has 1 aliphatic carbocycles. The van der Waals surface area contributed by atoms with Gasteiger partial charge in [0.2, 0.25) is 5.91 Å². The number of nitrogens with one attached hydrogen (secondary N) is 2. The Bertz CT molecular complexity index is 554. The molecule has 0 heterocycles. The van der Waals surface area contributed by atoms with Crippen molar-refractivity contribution in [2.24, 2.45) is 5.92 Å². The fourth-order valence-electron chi connectivity index (χ4n) is 3.58. The van der Waals surface area contributed by atoms with E-state index in [2.05, 4.69) is 24.5 Å². The number of benzene rings is 1. The Morgan fingerprint density at radius 2 is 1.92 bits per heavy atom. The van der Waals surface area contributed by atoms with Crippen molar-refractivity contribution in [3.63, 3.8) is 0 Å². The second-order valence-electron chi connectivity index (χ2n) is 7.01. The van der Waals surface area contributed by atoms with Crippen LogP contribution < -0.4 is 20.1 Å². The lowest BCUT2D eigenvalue weighted by molar-refractivity contribution is -0.116. The van der Waals surface area contributed by atoms with Crippen LogP contribution in [0, 0.1) is 5.92 Å². The van der Waals surface area contributed by atoms with Gasteiger partial charge in [0.25, 0.3) is 0 Å². The van der Waals surface area contributed by atoms with Crippen molar-refractivity contribution < 1.29 is 14.3 Å². The Balaban J connectivity index is 1.81. The second-order valence-corrected chi connectivity index (χ2v) is 7.01. The van der Waals surface area contributed by atoms with Gasteiger partial charge >= 0.3 is 0 Å². The molecule has 1 unspecified atom stereocenters. The summed E-state index contributed by atoms with van der Waals surface area (Å²) in [5.74, 6) is 2.18. The second kappa shape index (κ2) is 9.66. The first-order valence-corrected chi connectivity index (χ1v) is 9.33. The fourth-order valence-corrected chi connectivity index (χ4v) is 3.58. The van der Waals surface area contributed by atoms with Gasteiger partial charge in [-0.1, -0.05) is 13.3 Å². The van der Waals surface area contributed by atoms with Gasteiger partial charge in [-0.25, -0.2) is 0 Å². The topological polar surface area (TPSA) is 59.6 Å². The summed E-state index contributed by atoms with van der Waals surface area (Å²) in [6.45, 7) is 4.36. The zero-order chi connectivity index (χ0) is 18.2. The maximum absolute atomic E-state index is 12.3. The highest BCUT2D eigenvalue weighted by atomic mass is 16.5. The zero-order valence-electron chi connectivity index (χ0n) is 15.9. The molecule has 2 rings (SSSR count). The smallest absolute Gasteiger partial charge is 0.226 e. The molecule has 140 valence electrons. The summed E-state index contributed by atoms with van der Waals surface area (Å²) in [7, 11) is 3.19. The summed E-state index contributed by atoms with van der Waals surface area (Å²) in [5.41, 5.74) is 0.670. The minimum absolute atomic E-state index is 0.00860. The van der Waals surface area contributed by atoms with Crippen molar-refractivity contribution in [3.05, 3.63) is 18.2 Å². The Morgan fingerprint density at radius 1 is 1.20 bits per heavy atom. The molecule has 0 radical (unpaired) electrons. The summed E-state index contributed by atoms with van der Waals surface area (Å²) in [6.07, 6.45) is 6.77. The van der Waals surface area contributed by atoms with E-state index in [4.69, 9.17) is 9.47 Å². The number of hydrogen-bond acceptors (Lipinski definition) is 4. The Morgan fingerprint density at radius 3 is 2.52 bits per heavy atom. The molecule has 0 spiro atoms. The number of amides is 1. The van der Waals surface area contributed by atoms with Crippen LogP contribution in [0.25, 0.3) is 0 Å². The van der Waals surface area contributed by atoms with Gasteiger partial charge in [0.1, 0.15) is 11.5 Å². The van der Waals surface area contributed by atoms with Crippen LogP contribution >= 0.6 is 0 Å². The van der Waals surface area contributed by atoms with Gasteiger partial charge in [-0.05, 0) is 50.7 Å². The van der Waals surface area contributed by atoms with E-state index in [1.807, 2.05) is 6.07 Å². The van der Waals surface area contributed by atoms with E-state index < -0.39 is 0 Å². The molecule has 1 aliphatic rings. The molecule has 0 saturated heterocycles. The third-order valence-electron chi connectivity index (χ3n) is 5.12. The van der Waals surface area contributed by atoms with E-state index in [-0.39, 0.29) is 11.9 Å². The molecular weight excluding hydrogens is 316 g/mol. The van der Waals surface area contributed by atoms with Gasteiger partial charge in [-0.3, -0.25) is 4.79 Å². The van der Waals surface area contributed by atoms with E-state index >= 15 is 0 Å². The summed E-state index contributed by atoms with van der Waals surface area (Å²) < 4.78 is 10.5. The SMILES string of the molecule is CCC1CCC(NC(C)CC(=O)Nc2ccc(OC)cc2OC)CC1. The first-order chi connectivity index (χ1) is 12.0. The average Bonchev–Trinajstić information content (AvgIpc) is 2.62. The highest BCUT2D eigenvalue weighted by molar-refractivity contribution is 5.92. The van der Waals surface area contributed by atoms with Crippen molar-refractivity contribution in [2.45, 2.75) is 64.5 Å².